The number of nitrogens with zero attached hydrogens (tertiary/aromatic N) is 2. The fraction of sp³-hybridized carbons (Fsp3) is 0.500. The third-order valence-corrected chi connectivity index (χ3v) is 6.67. The first-order valence-electron chi connectivity index (χ1n) is 11.6. The summed E-state index contributed by atoms with van der Waals surface area (Å²) in [4.78, 5) is 41.4. The summed E-state index contributed by atoms with van der Waals surface area (Å²) in [6.45, 7) is 6.02. The highest BCUT2D eigenvalue weighted by atomic mass is 16.5. The largest absolute Gasteiger partial charge is 0.496 e. The van der Waals surface area contributed by atoms with E-state index in [-0.39, 0.29) is 24.3 Å². The highest BCUT2D eigenvalue weighted by Gasteiger charge is 2.32. The summed E-state index contributed by atoms with van der Waals surface area (Å²) < 4.78 is 12.2. The van der Waals surface area contributed by atoms with Crippen molar-refractivity contribution >= 4 is 17.7 Å². The molecule has 1 amide bonds. The Labute approximate surface area is 195 Å². The molecule has 178 valence electrons. The molecule has 1 aliphatic rings. The number of ether oxygens (including phenoxy) is 2. The smallest absolute Gasteiger partial charge is 0.354 e. The van der Waals surface area contributed by atoms with E-state index in [4.69, 9.17) is 9.47 Å². The number of benzene rings is 1. The Morgan fingerprint density at radius 1 is 1.06 bits per heavy atom. The van der Waals surface area contributed by atoms with Crippen LogP contribution in [0.1, 0.15) is 81.5 Å². The molecule has 33 heavy (non-hydrogen) atoms. The maximum atomic E-state index is 13.7. The van der Waals surface area contributed by atoms with Gasteiger partial charge in [-0.15, -0.1) is 0 Å². The molecule has 3 rings (SSSR count). The van der Waals surface area contributed by atoms with E-state index in [0.29, 0.717) is 40.4 Å². The van der Waals surface area contributed by atoms with E-state index in [1.165, 1.54) is 14.2 Å². The van der Waals surface area contributed by atoms with Gasteiger partial charge in [0.25, 0.3) is 5.91 Å². The minimum atomic E-state index is -0.467. The van der Waals surface area contributed by atoms with Crippen LogP contribution in [-0.2, 0) is 11.3 Å². The lowest BCUT2D eigenvalue weighted by Gasteiger charge is -2.34. The summed E-state index contributed by atoms with van der Waals surface area (Å²) in [6.07, 6.45) is 4.95. The Hall–Kier alpha value is -3.09. The number of methoxy groups -OCH3 is 2. The highest BCUT2D eigenvalue weighted by molar-refractivity contribution is 6.06. The topological polar surface area (TPSA) is 77.8 Å². The van der Waals surface area contributed by atoms with Crippen LogP contribution in [0.2, 0.25) is 0 Å². The van der Waals surface area contributed by atoms with Crippen LogP contribution >= 0.6 is 0 Å². The zero-order chi connectivity index (χ0) is 24.1. The van der Waals surface area contributed by atoms with E-state index in [1.807, 2.05) is 19.9 Å². The molecule has 7 nitrogen and oxygen atoms in total. The van der Waals surface area contributed by atoms with Gasteiger partial charge in [0.15, 0.2) is 5.78 Å². The molecule has 0 atom stereocenters. The Balaban J connectivity index is 2.00. The first kappa shape index (κ1) is 24.6. The van der Waals surface area contributed by atoms with Crippen molar-refractivity contribution in [2.45, 2.75) is 65.5 Å². The molecule has 1 fully saturated rings. The second kappa shape index (κ2) is 10.7. The molecule has 1 heterocycles. The zero-order valence-electron chi connectivity index (χ0n) is 20.3. The summed E-state index contributed by atoms with van der Waals surface area (Å²) in [5.41, 5.74) is 2.65. The van der Waals surface area contributed by atoms with Crippen molar-refractivity contribution in [2.75, 3.05) is 20.8 Å². The number of rotatable bonds is 8. The van der Waals surface area contributed by atoms with E-state index < -0.39 is 5.97 Å². The van der Waals surface area contributed by atoms with Gasteiger partial charge in [0.1, 0.15) is 11.4 Å². The van der Waals surface area contributed by atoms with Crippen molar-refractivity contribution < 1.29 is 23.9 Å². The maximum Gasteiger partial charge on any atom is 0.354 e. The predicted octanol–water partition coefficient (Wildman–Crippen LogP) is 4.58. The van der Waals surface area contributed by atoms with Crippen LogP contribution in [-0.4, -0.2) is 53.9 Å². The van der Waals surface area contributed by atoms with Crippen LogP contribution in [0.25, 0.3) is 0 Å². The van der Waals surface area contributed by atoms with Crippen LogP contribution in [0.4, 0.5) is 0 Å². The summed E-state index contributed by atoms with van der Waals surface area (Å²) in [5.74, 6) is -0.346. The third-order valence-electron chi connectivity index (χ3n) is 6.67. The molecule has 0 saturated heterocycles. The monoisotopic (exact) mass is 454 g/mol. The molecular formula is C26H34N2O5. The standard InChI is InChI=1S/C26H34N2O5/c1-6-27-18(3)23(17(2)24(27)26(31)33-5)21(29)16-28(19-12-8-7-9-13-19)25(30)20-14-10-11-15-22(20)32-4/h10-11,14-15,19H,6-9,12-13,16H2,1-5H3. The van der Waals surface area contributed by atoms with Crippen molar-refractivity contribution in [1.29, 1.82) is 0 Å². The number of amides is 1. The molecule has 1 saturated carbocycles. The third kappa shape index (κ3) is 4.82. The number of hydrogen-bond acceptors (Lipinski definition) is 5. The highest BCUT2D eigenvalue weighted by Crippen LogP contribution is 2.29. The summed E-state index contributed by atoms with van der Waals surface area (Å²) in [5, 5.41) is 0. The molecule has 0 N–H and O–H groups in total. The molecule has 1 aromatic carbocycles. The van der Waals surface area contributed by atoms with Gasteiger partial charge >= 0.3 is 5.97 Å². The summed E-state index contributed by atoms with van der Waals surface area (Å²) in [7, 11) is 2.87. The first-order valence-corrected chi connectivity index (χ1v) is 11.6. The molecule has 7 heteroatoms. The van der Waals surface area contributed by atoms with Crippen LogP contribution < -0.4 is 4.74 Å². The fourth-order valence-corrected chi connectivity index (χ4v) is 5.03. The Morgan fingerprint density at radius 2 is 1.73 bits per heavy atom. The van der Waals surface area contributed by atoms with Gasteiger partial charge in [0.05, 0.1) is 26.3 Å². The van der Waals surface area contributed by atoms with Crippen molar-refractivity contribution in [3.63, 3.8) is 0 Å². The van der Waals surface area contributed by atoms with Gasteiger partial charge in [0.2, 0.25) is 0 Å². The average Bonchev–Trinajstić information content (AvgIpc) is 3.10. The molecule has 1 aromatic heterocycles. The zero-order valence-corrected chi connectivity index (χ0v) is 20.3. The molecule has 0 bridgehead atoms. The molecule has 0 unspecified atom stereocenters. The van der Waals surface area contributed by atoms with Crippen molar-refractivity contribution in [2.24, 2.45) is 0 Å². The van der Waals surface area contributed by atoms with Gasteiger partial charge in [-0.3, -0.25) is 9.59 Å². The van der Waals surface area contributed by atoms with Crippen LogP contribution in [0.3, 0.4) is 0 Å². The van der Waals surface area contributed by atoms with E-state index >= 15 is 0 Å². The second-order valence-corrected chi connectivity index (χ2v) is 8.52. The number of carbonyl (C=O) groups excluding carboxylic acids is 3. The molecular weight excluding hydrogens is 420 g/mol. The van der Waals surface area contributed by atoms with E-state index in [9.17, 15) is 14.4 Å². The number of esters is 1. The van der Waals surface area contributed by atoms with Crippen molar-refractivity contribution in [3.8, 4) is 5.75 Å². The van der Waals surface area contributed by atoms with E-state index in [0.717, 1.165) is 32.1 Å². The van der Waals surface area contributed by atoms with Gasteiger partial charge in [-0.05, 0) is 51.3 Å². The van der Waals surface area contributed by atoms with Gasteiger partial charge in [-0.2, -0.15) is 0 Å². The van der Waals surface area contributed by atoms with Gasteiger partial charge < -0.3 is 18.9 Å². The van der Waals surface area contributed by atoms with Gasteiger partial charge in [-0.1, -0.05) is 31.4 Å². The number of hydrogen-bond donors (Lipinski definition) is 0. The lowest BCUT2D eigenvalue weighted by atomic mass is 9.93. The molecule has 1 aliphatic carbocycles. The predicted molar refractivity (Wildman–Crippen MR) is 126 cm³/mol. The van der Waals surface area contributed by atoms with E-state index in [1.54, 1.807) is 34.6 Å². The van der Waals surface area contributed by atoms with Gasteiger partial charge in [0, 0.05) is 23.8 Å². The van der Waals surface area contributed by atoms with E-state index in [2.05, 4.69) is 0 Å². The van der Waals surface area contributed by atoms with Gasteiger partial charge in [-0.25, -0.2) is 4.79 Å². The molecule has 0 spiro atoms. The minimum Gasteiger partial charge on any atom is -0.496 e. The number of ketones is 1. The van der Waals surface area contributed by atoms with Crippen molar-refractivity contribution in [1.82, 2.24) is 9.47 Å². The number of para-hydroxylation sites is 1. The summed E-state index contributed by atoms with van der Waals surface area (Å²) in [6, 6.07) is 7.11. The molecule has 0 aliphatic heterocycles. The second-order valence-electron chi connectivity index (χ2n) is 8.52. The SMILES string of the molecule is CCn1c(C)c(C(=O)CN(C(=O)c2ccccc2OC)C2CCCCC2)c(C)c1C(=O)OC. The molecule has 0 radical (unpaired) electrons. The first-order chi connectivity index (χ1) is 15.8. The lowest BCUT2D eigenvalue weighted by molar-refractivity contribution is 0.0583. The number of Topliss-reactive ketones (excluding diaryl/α,β-unsaturated/α-hetero) is 1. The minimum absolute atomic E-state index is 0.00550. The maximum absolute atomic E-state index is 13.7. The number of aromatic nitrogens is 1. The average molecular weight is 455 g/mol. The van der Waals surface area contributed by atoms with Crippen LogP contribution in [0.15, 0.2) is 24.3 Å². The Bertz CT molecular complexity index is 1030. The Kier molecular flexibility index (Phi) is 7.95. The van der Waals surface area contributed by atoms with Crippen LogP contribution in [0.5, 0.6) is 5.75 Å². The van der Waals surface area contributed by atoms with Crippen LogP contribution in [0, 0.1) is 13.8 Å². The summed E-state index contributed by atoms with van der Waals surface area (Å²) >= 11 is 0. The number of carbonyl (C=O) groups is 3. The lowest BCUT2D eigenvalue weighted by Crippen LogP contribution is -2.44. The van der Waals surface area contributed by atoms with Crippen molar-refractivity contribution in [3.05, 3.63) is 52.3 Å². The quantitative estimate of drug-likeness (QED) is 0.431. The molecule has 2 aromatic rings. The Morgan fingerprint density at radius 3 is 2.33 bits per heavy atom. The fourth-order valence-electron chi connectivity index (χ4n) is 5.03. The normalized spacial score (nSPS) is 14.1.